The lowest BCUT2D eigenvalue weighted by Gasteiger charge is -2.24. The largest absolute Gasteiger partial charge is 0.361 e. The zero-order valence-electron chi connectivity index (χ0n) is 15.0. The molecule has 1 N–H and O–H groups in total. The normalized spacial score (nSPS) is 12.4. The lowest BCUT2D eigenvalue weighted by molar-refractivity contribution is -0.131. The number of amides is 1. The number of nitrogens with one attached hydrogen (secondary N) is 1. The first-order chi connectivity index (χ1) is 12.2. The predicted octanol–water partition coefficient (Wildman–Crippen LogP) is 5.40. The van der Waals surface area contributed by atoms with Gasteiger partial charge in [0.1, 0.15) is 0 Å². The minimum atomic E-state index is 0.103. The summed E-state index contributed by atoms with van der Waals surface area (Å²) in [7, 11) is 0. The van der Waals surface area contributed by atoms with Crippen molar-refractivity contribution in [2.75, 3.05) is 13.1 Å². The van der Waals surface area contributed by atoms with Gasteiger partial charge in [-0.2, -0.15) is 11.3 Å². The molecule has 3 aromatic rings. The second-order valence-corrected chi connectivity index (χ2v) is 7.26. The van der Waals surface area contributed by atoms with E-state index in [1.807, 2.05) is 11.0 Å². The van der Waals surface area contributed by atoms with Crippen LogP contribution < -0.4 is 0 Å². The molecule has 0 saturated heterocycles. The highest BCUT2D eigenvalue weighted by Crippen LogP contribution is 2.34. The molecule has 2 heterocycles. The minimum Gasteiger partial charge on any atom is -0.361 e. The van der Waals surface area contributed by atoms with Crippen LogP contribution in [0.1, 0.15) is 50.2 Å². The Labute approximate surface area is 153 Å². The Morgan fingerprint density at radius 3 is 2.60 bits per heavy atom. The van der Waals surface area contributed by atoms with Crippen LogP contribution in [0.5, 0.6) is 0 Å². The van der Waals surface area contributed by atoms with Gasteiger partial charge in [-0.25, -0.2) is 0 Å². The Bertz CT molecular complexity index is 800. The molecule has 0 spiro atoms. The fourth-order valence-electron chi connectivity index (χ4n) is 3.47. The average Bonchev–Trinajstić information content (AvgIpc) is 3.29. The van der Waals surface area contributed by atoms with Crippen LogP contribution in [-0.2, 0) is 4.79 Å². The molecule has 0 aliphatic carbocycles. The van der Waals surface area contributed by atoms with Crippen LogP contribution in [0.25, 0.3) is 10.9 Å². The van der Waals surface area contributed by atoms with Crippen LogP contribution in [0.4, 0.5) is 0 Å². The van der Waals surface area contributed by atoms with Gasteiger partial charge in [-0.15, -0.1) is 0 Å². The highest BCUT2D eigenvalue weighted by molar-refractivity contribution is 7.08. The minimum absolute atomic E-state index is 0.103. The molecule has 132 valence electrons. The number of rotatable bonds is 8. The van der Waals surface area contributed by atoms with E-state index in [1.165, 1.54) is 16.5 Å². The summed E-state index contributed by atoms with van der Waals surface area (Å²) in [5.41, 5.74) is 3.58. The molecule has 0 aliphatic rings. The zero-order valence-corrected chi connectivity index (χ0v) is 15.8. The molecule has 4 heteroatoms. The third-order valence-electron chi connectivity index (χ3n) is 4.66. The van der Waals surface area contributed by atoms with Gasteiger partial charge in [0, 0.05) is 42.5 Å². The zero-order chi connectivity index (χ0) is 17.6. The maximum Gasteiger partial charge on any atom is 0.223 e. The quantitative estimate of drug-likeness (QED) is 0.577. The van der Waals surface area contributed by atoms with E-state index in [-0.39, 0.29) is 11.8 Å². The van der Waals surface area contributed by atoms with Gasteiger partial charge in [-0.1, -0.05) is 32.0 Å². The molecule has 1 atom stereocenters. The van der Waals surface area contributed by atoms with E-state index >= 15 is 0 Å². The highest BCUT2D eigenvalue weighted by Gasteiger charge is 2.24. The second kappa shape index (κ2) is 8.34. The topological polar surface area (TPSA) is 36.1 Å². The van der Waals surface area contributed by atoms with E-state index in [0.717, 1.165) is 31.4 Å². The predicted molar refractivity (Wildman–Crippen MR) is 106 cm³/mol. The number of thiophene rings is 1. The molecule has 1 unspecified atom stereocenters. The molecule has 2 aromatic heterocycles. The second-order valence-electron chi connectivity index (χ2n) is 6.48. The summed E-state index contributed by atoms with van der Waals surface area (Å²) in [4.78, 5) is 18.4. The van der Waals surface area contributed by atoms with E-state index in [9.17, 15) is 4.79 Å². The van der Waals surface area contributed by atoms with Crippen LogP contribution in [0, 0.1) is 0 Å². The monoisotopic (exact) mass is 354 g/mol. The third kappa shape index (κ3) is 3.96. The van der Waals surface area contributed by atoms with Crippen molar-refractivity contribution in [1.82, 2.24) is 9.88 Å². The Hall–Kier alpha value is -2.07. The molecule has 3 nitrogen and oxygen atoms in total. The molecule has 0 radical (unpaired) electrons. The summed E-state index contributed by atoms with van der Waals surface area (Å²) in [6.45, 7) is 5.95. The van der Waals surface area contributed by atoms with Gasteiger partial charge in [0.25, 0.3) is 0 Å². The van der Waals surface area contributed by atoms with Crippen molar-refractivity contribution in [2.24, 2.45) is 0 Å². The van der Waals surface area contributed by atoms with Gasteiger partial charge in [0.05, 0.1) is 0 Å². The molecular weight excluding hydrogens is 328 g/mol. The standard InChI is InChI=1S/C21H26N2OS/c1-3-10-23(11-4-2)21(24)13-18(16-9-12-25-15-16)19-14-22-20-8-6-5-7-17(19)20/h5-9,12,14-15,18,22H,3-4,10-11,13H2,1-2H3. The number of carbonyl (C=O) groups is 1. The van der Waals surface area contributed by atoms with E-state index in [1.54, 1.807) is 11.3 Å². The first-order valence-electron chi connectivity index (χ1n) is 9.10. The molecular formula is C21H26N2OS. The van der Waals surface area contributed by atoms with E-state index in [0.29, 0.717) is 6.42 Å². The fraction of sp³-hybridized carbons (Fsp3) is 0.381. The van der Waals surface area contributed by atoms with Crippen molar-refractivity contribution in [3.8, 4) is 0 Å². The Morgan fingerprint density at radius 1 is 1.16 bits per heavy atom. The summed E-state index contributed by atoms with van der Waals surface area (Å²) in [5, 5.41) is 5.48. The van der Waals surface area contributed by atoms with Gasteiger partial charge in [-0.3, -0.25) is 4.79 Å². The highest BCUT2D eigenvalue weighted by atomic mass is 32.1. The van der Waals surface area contributed by atoms with Crippen molar-refractivity contribution in [1.29, 1.82) is 0 Å². The Balaban J connectivity index is 1.92. The summed E-state index contributed by atoms with van der Waals surface area (Å²) in [6, 6.07) is 10.5. The molecule has 1 amide bonds. The molecule has 3 rings (SSSR count). The maximum absolute atomic E-state index is 13.0. The van der Waals surface area contributed by atoms with Crippen LogP contribution >= 0.6 is 11.3 Å². The summed E-state index contributed by atoms with van der Waals surface area (Å²) < 4.78 is 0. The van der Waals surface area contributed by atoms with Crippen molar-refractivity contribution in [3.63, 3.8) is 0 Å². The van der Waals surface area contributed by atoms with E-state index in [4.69, 9.17) is 0 Å². The van der Waals surface area contributed by atoms with Crippen molar-refractivity contribution >= 4 is 28.1 Å². The van der Waals surface area contributed by atoms with Gasteiger partial charge >= 0.3 is 0 Å². The molecule has 0 bridgehead atoms. The lowest BCUT2D eigenvalue weighted by atomic mass is 9.89. The van der Waals surface area contributed by atoms with E-state index < -0.39 is 0 Å². The number of carbonyl (C=O) groups excluding carboxylic acids is 1. The fourth-order valence-corrected chi connectivity index (χ4v) is 4.18. The number of hydrogen-bond acceptors (Lipinski definition) is 2. The van der Waals surface area contributed by atoms with Crippen molar-refractivity contribution < 1.29 is 4.79 Å². The molecule has 1 aromatic carbocycles. The number of benzene rings is 1. The van der Waals surface area contributed by atoms with Crippen LogP contribution in [0.2, 0.25) is 0 Å². The van der Waals surface area contributed by atoms with Gasteiger partial charge in [-0.05, 0) is 46.9 Å². The number of fused-ring (bicyclic) bond motifs is 1. The smallest absolute Gasteiger partial charge is 0.223 e. The van der Waals surface area contributed by atoms with Gasteiger partial charge < -0.3 is 9.88 Å². The SMILES string of the molecule is CCCN(CCC)C(=O)CC(c1ccsc1)c1c[nH]c2ccccc12. The van der Waals surface area contributed by atoms with Crippen LogP contribution in [0.15, 0.2) is 47.3 Å². The molecule has 0 aliphatic heterocycles. The number of para-hydroxylation sites is 1. The average molecular weight is 355 g/mol. The molecule has 0 saturated carbocycles. The Morgan fingerprint density at radius 2 is 1.92 bits per heavy atom. The maximum atomic E-state index is 13.0. The third-order valence-corrected chi connectivity index (χ3v) is 5.36. The van der Waals surface area contributed by atoms with Crippen molar-refractivity contribution in [3.05, 3.63) is 58.4 Å². The number of aromatic nitrogens is 1. The summed E-state index contributed by atoms with van der Waals surface area (Å²) in [5.74, 6) is 0.358. The first-order valence-corrected chi connectivity index (χ1v) is 10.0. The summed E-state index contributed by atoms with van der Waals surface area (Å²) >= 11 is 1.69. The number of hydrogen-bond donors (Lipinski definition) is 1. The molecule has 0 fully saturated rings. The van der Waals surface area contributed by atoms with E-state index in [2.05, 4.69) is 60.1 Å². The Kier molecular flexibility index (Phi) is 5.92. The van der Waals surface area contributed by atoms with Gasteiger partial charge in [0.2, 0.25) is 5.91 Å². The first kappa shape index (κ1) is 17.7. The number of H-pyrrole nitrogens is 1. The number of aromatic amines is 1. The summed E-state index contributed by atoms with van der Waals surface area (Å²) in [6.07, 6.45) is 4.60. The van der Waals surface area contributed by atoms with Gasteiger partial charge in [0.15, 0.2) is 0 Å². The molecule has 25 heavy (non-hydrogen) atoms. The lowest BCUT2D eigenvalue weighted by Crippen LogP contribution is -2.33. The number of nitrogens with zero attached hydrogens (tertiary/aromatic N) is 1. The van der Waals surface area contributed by atoms with Crippen LogP contribution in [0.3, 0.4) is 0 Å². The van der Waals surface area contributed by atoms with Crippen molar-refractivity contribution in [2.45, 2.75) is 39.0 Å². The van der Waals surface area contributed by atoms with Crippen LogP contribution in [-0.4, -0.2) is 28.9 Å².